The quantitative estimate of drug-likeness (QED) is 0.530. The lowest BCUT2D eigenvalue weighted by molar-refractivity contribution is 0.0947. The summed E-state index contributed by atoms with van der Waals surface area (Å²) in [5.74, 6) is 7.54. The number of benzene rings is 2. The van der Waals surface area contributed by atoms with Crippen molar-refractivity contribution in [1.82, 2.24) is 10.5 Å². The maximum absolute atomic E-state index is 12.4. The van der Waals surface area contributed by atoms with Crippen molar-refractivity contribution >= 4 is 21.8 Å². The fourth-order valence-corrected chi connectivity index (χ4v) is 3.91. The Balaban J connectivity index is 1.34. The molecule has 29 heavy (non-hydrogen) atoms. The van der Waals surface area contributed by atoms with Gasteiger partial charge in [0.15, 0.2) is 5.76 Å². The fraction of sp³-hybridized carbons (Fsp3) is 0.250. The van der Waals surface area contributed by atoms with E-state index in [1.165, 1.54) is 25.7 Å². The molecule has 1 amide bonds. The smallest absolute Gasteiger partial charge is 0.251 e. The molecule has 1 aliphatic rings. The average molecular weight is 449 g/mol. The largest absolute Gasteiger partial charge is 0.359 e. The van der Waals surface area contributed by atoms with Crippen LogP contribution in [0.2, 0.25) is 0 Å². The van der Waals surface area contributed by atoms with E-state index in [-0.39, 0.29) is 12.5 Å². The second-order valence-electron chi connectivity index (χ2n) is 7.17. The minimum Gasteiger partial charge on any atom is -0.359 e. The maximum atomic E-state index is 12.4. The summed E-state index contributed by atoms with van der Waals surface area (Å²) >= 11 is 3.51. The zero-order valence-corrected chi connectivity index (χ0v) is 17.5. The minimum atomic E-state index is -0.154. The van der Waals surface area contributed by atoms with Gasteiger partial charge in [0.2, 0.25) is 0 Å². The number of hydrogen-bond acceptors (Lipinski definition) is 3. The summed E-state index contributed by atoms with van der Waals surface area (Å²) in [6.45, 7) is 0.277. The first-order valence-corrected chi connectivity index (χ1v) is 10.6. The second kappa shape index (κ2) is 9.11. The molecule has 0 bridgehead atoms. The fourth-order valence-electron chi connectivity index (χ4n) is 3.42. The molecule has 1 aromatic heterocycles. The van der Waals surface area contributed by atoms with Crippen molar-refractivity contribution in [2.75, 3.05) is 0 Å². The third kappa shape index (κ3) is 4.96. The van der Waals surface area contributed by atoms with Crippen molar-refractivity contribution < 1.29 is 9.32 Å². The Kier molecular flexibility index (Phi) is 6.12. The van der Waals surface area contributed by atoms with Crippen LogP contribution in [-0.4, -0.2) is 11.1 Å². The summed E-state index contributed by atoms with van der Waals surface area (Å²) < 4.78 is 6.30. The lowest BCUT2D eigenvalue weighted by Crippen LogP contribution is -2.22. The number of nitrogens with one attached hydrogen (secondary N) is 1. The summed E-state index contributed by atoms with van der Waals surface area (Å²) in [7, 11) is 0. The molecule has 146 valence electrons. The van der Waals surface area contributed by atoms with Crippen LogP contribution in [0.3, 0.4) is 0 Å². The lowest BCUT2D eigenvalue weighted by Gasteiger charge is -2.03. The number of rotatable bonds is 4. The molecular weight excluding hydrogens is 428 g/mol. The van der Waals surface area contributed by atoms with Crippen molar-refractivity contribution in [1.29, 1.82) is 0 Å². The van der Waals surface area contributed by atoms with Crippen LogP contribution in [0.4, 0.5) is 0 Å². The number of amides is 1. The van der Waals surface area contributed by atoms with E-state index in [4.69, 9.17) is 4.52 Å². The van der Waals surface area contributed by atoms with Crippen LogP contribution in [0.5, 0.6) is 0 Å². The van der Waals surface area contributed by atoms with Crippen molar-refractivity contribution in [3.8, 4) is 23.1 Å². The monoisotopic (exact) mass is 448 g/mol. The van der Waals surface area contributed by atoms with Gasteiger partial charge in [-0.25, -0.2) is 0 Å². The van der Waals surface area contributed by atoms with Crippen molar-refractivity contribution in [3.05, 3.63) is 76.0 Å². The van der Waals surface area contributed by atoms with Crippen molar-refractivity contribution in [2.45, 2.75) is 32.2 Å². The van der Waals surface area contributed by atoms with E-state index in [1.54, 1.807) is 12.1 Å². The van der Waals surface area contributed by atoms with Gasteiger partial charge in [0.25, 0.3) is 5.91 Å². The van der Waals surface area contributed by atoms with Crippen LogP contribution in [0.15, 0.2) is 63.6 Å². The molecule has 1 aliphatic carbocycles. The van der Waals surface area contributed by atoms with Crippen LogP contribution in [0, 0.1) is 17.8 Å². The van der Waals surface area contributed by atoms with Gasteiger partial charge in [-0.2, -0.15) is 0 Å². The van der Waals surface area contributed by atoms with E-state index in [0.717, 1.165) is 21.3 Å². The van der Waals surface area contributed by atoms with E-state index >= 15 is 0 Å². The Morgan fingerprint density at radius 1 is 1.14 bits per heavy atom. The Morgan fingerprint density at radius 3 is 2.66 bits per heavy atom. The molecule has 3 aromatic rings. The van der Waals surface area contributed by atoms with Gasteiger partial charge in [-0.15, -0.1) is 0 Å². The van der Waals surface area contributed by atoms with Gasteiger partial charge in [0.1, 0.15) is 5.69 Å². The number of hydrogen-bond donors (Lipinski definition) is 1. The Labute approximate surface area is 178 Å². The summed E-state index contributed by atoms with van der Waals surface area (Å²) in [5, 5.41) is 6.96. The summed E-state index contributed by atoms with van der Waals surface area (Å²) in [5.41, 5.74) is 3.22. The summed E-state index contributed by atoms with van der Waals surface area (Å²) in [6.07, 6.45) is 4.98. The molecule has 1 heterocycles. The Morgan fingerprint density at radius 2 is 1.90 bits per heavy atom. The molecule has 0 atom stereocenters. The van der Waals surface area contributed by atoms with Crippen LogP contribution < -0.4 is 5.32 Å². The molecule has 0 spiro atoms. The number of aromatic nitrogens is 1. The molecule has 1 N–H and O–H groups in total. The standard InChI is InChI=1S/C24H21BrN2O2/c25-22-8-4-3-7-21(22)23-15-20(29-27-23)16-26-24(28)19-13-11-18(12-14-19)10-9-17-5-1-2-6-17/h3-4,7-8,11-15,17H,1-2,5-6,16H2,(H,26,28). The third-order valence-electron chi connectivity index (χ3n) is 5.05. The molecule has 0 aliphatic heterocycles. The summed E-state index contributed by atoms with van der Waals surface area (Å²) in [4.78, 5) is 12.4. The molecule has 0 saturated heterocycles. The van der Waals surface area contributed by atoms with Gasteiger partial charge >= 0.3 is 0 Å². The van der Waals surface area contributed by atoms with Crippen molar-refractivity contribution in [2.24, 2.45) is 5.92 Å². The zero-order chi connectivity index (χ0) is 20.1. The van der Waals surface area contributed by atoms with Crippen LogP contribution in [-0.2, 0) is 6.54 Å². The first kappa shape index (κ1) is 19.5. The van der Waals surface area contributed by atoms with Crippen molar-refractivity contribution in [3.63, 3.8) is 0 Å². The molecule has 1 saturated carbocycles. The van der Waals surface area contributed by atoms with Gasteiger partial charge in [-0.05, 0) is 43.2 Å². The summed E-state index contributed by atoms with van der Waals surface area (Å²) in [6, 6.07) is 17.0. The highest BCUT2D eigenvalue weighted by Crippen LogP contribution is 2.27. The first-order chi connectivity index (χ1) is 14.2. The second-order valence-corrected chi connectivity index (χ2v) is 8.02. The van der Waals surface area contributed by atoms with Crippen LogP contribution in [0.25, 0.3) is 11.3 Å². The topological polar surface area (TPSA) is 55.1 Å². The normalized spacial score (nSPS) is 13.7. The number of halogens is 1. The highest BCUT2D eigenvalue weighted by atomic mass is 79.9. The van der Waals surface area contributed by atoms with Crippen LogP contribution >= 0.6 is 15.9 Å². The lowest BCUT2D eigenvalue weighted by atomic mass is 10.1. The third-order valence-corrected chi connectivity index (χ3v) is 5.75. The van der Waals surface area contributed by atoms with E-state index < -0.39 is 0 Å². The zero-order valence-electron chi connectivity index (χ0n) is 16.0. The van der Waals surface area contributed by atoms with E-state index in [1.807, 2.05) is 42.5 Å². The van der Waals surface area contributed by atoms with Gasteiger partial charge in [0.05, 0.1) is 6.54 Å². The average Bonchev–Trinajstić information content (AvgIpc) is 3.43. The molecular formula is C24H21BrN2O2. The number of carbonyl (C=O) groups excluding carboxylic acids is 1. The molecule has 1 fully saturated rings. The van der Waals surface area contributed by atoms with E-state index in [0.29, 0.717) is 17.2 Å². The molecule has 5 heteroatoms. The molecule has 4 nitrogen and oxygen atoms in total. The van der Waals surface area contributed by atoms with E-state index in [2.05, 4.69) is 38.2 Å². The van der Waals surface area contributed by atoms with Gasteiger partial charge in [-0.1, -0.05) is 64.0 Å². The predicted octanol–water partition coefficient (Wildman–Crippen LogP) is 5.58. The molecule has 2 aromatic carbocycles. The Bertz CT molecular complexity index is 1050. The minimum absolute atomic E-state index is 0.154. The van der Waals surface area contributed by atoms with Gasteiger partial charge in [0, 0.05) is 33.1 Å². The predicted molar refractivity (Wildman–Crippen MR) is 116 cm³/mol. The molecule has 0 unspecified atom stereocenters. The van der Waals surface area contributed by atoms with Crippen LogP contribution in [0.1, 0.15) is 47.4 Å². The number of carbonyl (C=O) groups is 1. The van der Waals surface area contributed by atoms with E-state index in [9.17, 15) is 4.79 Å². The highest BCUT2D eigenvalue weighted by molar-refractivity contribution is 9.10. The van der Waals surface area contributed by atoms with Gasteiger partial charge in [-0.3, -0.25) is 4.79 Å². The molecule has 4 rings (SSSR count). The van der Waals surface area contributed by atoms with Gasteiger partial charge < -0.3 is 9.84 Å². The number of nitrogens with zero attached hydrogens (tertiary/aromatic N) is 1. The maximum Gasteiger partial charge on any atom is 0.251 e. The Hall–Kier alpha value is -2.84. The SMILES string of the molecule is O=C(NCc1cc(-c2ccccc2Br)no1)c1ccc(C#CC2CCCC2)cc1. The first-order valence-electron chi connectivity index (χ1n) is 9.79. The molecule has 0 radical (unpaired) electrons. The highest BCUT2D eigenvalue weighted by Gasteiger charge is 2.12.